The van der Waals surface area contributed by atoms with Gasteiger partial charge in [0, 0.05) is 24.0 Å². The first-order valence-corrected chi connectivity index (χ1v) is 8.42. The van der Waals surface area contributed by atoms with Crippen molar-refractivity contribution in [2.45, 2.75) is 13.8 Å². The SMILES string of the molecule is CC(=O)c1cc2c(cc1NC(=O)c1c(C)oc(-n3cccc3)c1C#N)OCO2. The number of carbonyl (C=O) groups is 2. The molecule has 0 fully saturated rings. The Morgan fingerprint density at radius 2 is 1.86 bits per heavy atom. The van der Waals surface area contributed by atoms with Crippen molar-refractivity contribution >= 4 is 17.4 Å². The van der Waals surface area contributed by atoms with Gasteiger partial charge in [-0.15, -0.1) is 0 Å². The van der Waals surface area contributed by atoms with Crippen LogP contribution in [0.15, 0.2) is 41.1 Å². The summed E-state index contributed by atoms with van der Waals surface area (Å²) in [5, 5.41) is 12.3. The molecular formula is C20H15N3O5. The average molecular weight is 377 g/mol. The minimum atomic E-state index is -0.558. The molecule has 1 aliphatic rings. The Hall–Kier alpha value is -3.99. The molecule has 28 heavy (non-hydrogen) atoms. The number of amides is 1. The van der Waals surface area contributed by atoms with E-state index in [0.717, 1.165) is 0 Å². The van der Waals surface area contributed by atoms with Crippen molar-refractivity contribution in [3.63, 3.8) is 0 Å². The fourth-order valence-electron chi connectivity index (χ4n) is 3.08. The van der Waals surface area contributed by atoms with Crippen LogP contribution < -0.4 is 14.8 Å². The van der Waals surface area contributed by atoms with Crippen molar-refractivity contribution in [3.05, 3.63) is 59.1 Å². The van der Waals surface area contributed by atoms with Crippen LogP contribution in [0.4, 0.5) is 5.69 Å². The Labute approximate surface area is 159 Å². The summed E-state index contributed by atoms with van der Waals surface area (Å²) in [7, 11) is 0. The fourth-order valence-corrected chi connectivity index (χ4v) is 3.08. The Morgan fingerprint density at radius 3 is 2.50 bits per heavy atom. The summed E-state index contributed by atoms with van der Waals surface area (Å²) in [6.45, 7) is 3.04. The Bertz CT molecular complexity index is 1140. The van der Waals surface area contributed by atoms with E-state index in [1.165, 1.54) is 19.1 Å². The van der Waals surface area contributed by atoms with Crippen LogP contribution in [0.1, 0.15) is 39.0 Å². The lowest BCUT2D eigenvalue weighted by Gasteiger charge is -2.10. The molecule has 1 N–H and O–H groups in total. The summed E-state index contributed by atoms with van der Waals surface area (Å²) in [6.07, 6.45) is 3.43. The van der Waals surface area contributed by atoms with Crippen molar-refractivity contribution in [2.24, 2.45) is 0 Å². The highest BCUT2D eigenvalue weighted by atomic mass is 16.7. The smallest absolute Gasteiger partial charge is 0.260 e. The maximum absolute atomic E-state index is 13.0. The number of fused-ring (bicyclic) bond motifs is 1. The third kappa shape index (κ3) is 2.79. The maximum Gasteiger partial charge on any atom is 0.260 e. The molecule has 0 saturated heterocycles. The van der Waals surface area contributed by atoms with Crippen LogP contribution >= 0.6 is 0 Å². The molecular weight excluding hydrogens is 362 g/mol. The summed E-state index contributed by atoms with van der Waals surface area (Å²) in [5.41, 5.74) is 0.770. The fraction of sp³-hybridized carbons (Fsp3) is 0.150. The molecule has 1 aliphatic heterocycles. The molecule has 3 aromatic rings. The van der Waals surface area contributed by atoms with Gasteiger partial charge in [0.1, 0.15) is 23.0 Å². The molecule has 4 rings (SSSR count). The van der Waals surface area contributed by atoms with Gasteiger partial charge in [0.25, 0.3) is 5.91 Å². The van der Waals surface area contributed by atoms with Gasteiger partial charge in [-0.2, -0.15) is 5.26 Å². The molecule has 0 bridgehead atoms. The predicted molar refractivity (Wildman–Crippen MR) is 98.0 cm³/mol. The zero-order chi connectivity index (χ0) is 19.8. The van der Waals surface area contributed by atoms with Crippen molar-refractivity contribution in [1.82, 2.24) is 4.57 Å². The first-order chi connectivity index (χ1) is 13.5. The van der Waals surface area contributed by atoms with Gasteiger partial charge in [0.15, 0.2) is 17.3 Å². The third-order valence-electron chi connectivity index (χ3n) is 4.38. The second-order valence-corrected chi connectivity index (χ2v) is 6.18. The molecule has 0 spiro atoms. The summed E-state index contributed by atoms with van der Waals surface area (Å²) in [5.74, 6) is 0.618. The molecule has 0 unspecified atom stereocenters. The van der Waals surface area contributed by atoms with Crippen LogP contribution in [0, 0.1) is 18.3 Å². The highest BCUT2D eigenvalue weighted by Crippen LogP contribution is 2.37. The first kappa shape index (κ1) is 17.4. The number of anilines is 1. The van der Waals surface area contributed by atoms with Crippen LogP contribution in [0.2, 0.25) is 0 Å². The van der Waals surface area contributed by atoms with Crippen LogP contribution in [-0.2, 0) is 0 Å². The molecule has 8 heteroatoms. The number of ether oxygens (including phenoxy) is 2. The molecule has 0 atom stereocenters. The Balaban J connectivity index is 1.75. The molecule has 1 amide bonds. The summed E-state index contributed by atoms with van der Waals surface area (Å²) in [4.78, 5) is 25.0. The van der Waals surface area contributed by atoms with Crippen molar-refractivity contribution in [2.75, 3.05) is 12.1 Å². The first-order valence-electron chi connectivity index (χ1n) is 8.42. The molecule has 8 nitrogen and oxygen atoms in total. The lowest BCUT2D eigenvalue weighted by Crippen LogP contribution is -2.16. The van der Waals surface area contributed by atoms with E-state index in [1.54, 1.807) is 36.0 Å². The number of benzene rings is 1. The minimum Gasteiger partial charge on any atom is -0.454 e. The van der Waals surface area contributed by atoms with Gasteiger partial charge in [-0.1, -0.05) is 0 Å². The molecule has 3 heterocycles. The van der Waals surface area contributed by atoms with Crippen molar-refractivity contribution < 1.29 is 23.5 Å². The van der Waals surface area contributed by atoms with Crippen LogP contribution in [0.5, 0.6) is 11.5 Å². The number of ketones is 1. The predicted octanol–water partition coefficient (Wildman–Crippen LogP) is 3.43. The van der Waals surface area contributed by atoms with Gasteiger partial charge in [0.2, 0.25) is 12.7 Å². The van der Waals surface area contributed by atoms with Crippen molar-refractivity contribution in [3.8, 4) is 23.5 Å². The van der Waals surface area contributed by atoms with E-state index in [9.17, 15) is 14.9 Å². The number of nitriles is 1. The number of nitrogens with zero attached hydrogens (tertiary/aromatic N) is 2. The van der Waals surface area contributed by atoms with Gasteiger partial charge in [-0.3, -0.25) is 14.2 Å². The maximum atomic E-state index is 13.0. The normalized spacial score (nSPS) is 11.9. The van der Waals surface area contributed by atoms with E-state index in [2.05, 4.69) is 5.32 Å². The molecule has 2 aromatic heterocycles. The number of hydrogen-bond acceptors (Lipinski definition) is 6. The second kappa shape index (κ2) is 6.63. The van der Waals surface area contributed by atoms with Gasteiger partial charge in [0.05, 0.1) is 5.69 Å². The second-order valence-electron chi connectivity index (χ2n) is 6.18. The van der Waals surface area contributed by atoms with Crippen molar-refractivity contribution in [1.29, 1.82) is 5.26 Å². The molecule has 0 saturated carbocycles. The van der Waals surface area contributed by atoms with E-state index < -0.39 is 5.91 Å². The molecule has 1 aromatic carbocycles. The summed E-state index contributed by atoms with van der Waals surface area (Å²) < 4.78 is 17.9. The van der Waals surface area contributed by atoms with Crippen LogP contribution in [0.3, 0.4) is 0 Å². The Kier molecular flexibility index (Phi) is 4.12. The zero-order valence-corrected chi connectivity index (χ0v) is 15.1. The third-order valence-corrected chi connectivity index (χ3v) is 4.38. The van der Waals surface area contributed by atoms with Gasteiger partial charge in [-0.25, -0.2) is 0 Å². The van der Waals surface area contributed by atoms with Gasteiger partial charge in [-0.05, 0) is 32.0 Å². The average Bonchev–Trinajstić information content (AvgIpc) is 3.39. The van der Waals surface area contributed by atoms with E-state index in [-0.39, 0.29) is 40.8 Å². The number of nitrogens with one attached hydrogen (secondary N) is 1. The zero-order valence-electron chi connectivity index (χ0n) is 15.1. The molecule has 0 aliphatic carbocycles. The monoisotopic (exact) mass is 377 g/mol. The molecule has 140 valence electrons. The Morgan fingerprint density at radius 1 is 1.18 bits per heavy atom. The van der Waals surface area contributed by atoms with E-state index in [0.29, 0.717) is 17.3 Å². The van der Waals surface area contributed by atoms with Crippen LogP contribution in [-0.4, -0.2) is 23.1 Å². The number of rotatable bonds is 4. The lowest BCUT2D eigenvalue weighted by atomic mass is 10.1. The minimum absolute atomic E-state index is 0.0454. The van der Waals surface area contributed by atoms with Gasteiger partial charge >= 0.3 is 0 Å². The lowest BCUT2D eigenvalue weighted by molar-refractivity contribution is 0.101. The number of carbonyl (C=O) groups excluding carboxylic acids is 2. The topological polar surface area (TPSA) is 106 Å². The quantitative estimate of drug-likeness (QED) is 0.698. The van der Waals surface area contributed by atoms with E-state index in [4.69, 9.17) is 13.9 Å². The number of Topliss-reactive ketones (excluding diaryl/α,β-unsaturated/α-hetero) is 1. The molecule has 0 radical (unpaired) electrons. The number of hydrogen-bond donors (Lipinski definition) is 1. The standard InChI is InChI=1S/C20H15N3O5/c1-11(24)13-7-16-17(27-10-26-16)8-15(13)22-19(25)18-12(2)28-20(14(18)9-21)23-5-3-4-6-23/h3-8H,10H2,1-2H3,(H,22,25). The van der Waals surface area contributed by atoms with Gasteiger partial charge < -0.3 is 19.2 Å². The van der Waals surface area contributed by atoms with E-state index >= 15 is 0 Å². The van der Waals surface area contributed by atoms with E-state index in [1.807, 2.05) is 6.07 Å². The summed E-state index contributed by atoms with van der Waals surface area (Å²) in [6, 6.07) is 8.66. The largest absolute Gasteiger partial charge is 0.454 e. The number of furan rings is 1. The highest BCUT2D eigenvalue weighted by molar-refractivity contribution is 6.11. The number of aryl methyl sites for hydroxylation is 1. The summed E-state index contributed by atoms with van der Waals surface area (Å²) >= 11 is 0. The number of aromatic nitrogens is 1. The van der Waals surface area contributed by atoms with Crippen LogP contribution in [0.25, 0.3) is 5.88 Å². The highest BCUT2D eigenvalue weighted by Gasteiger charge is 2.26.